The van der Waals surface area contributed by atoms with E-state index in [-0.39, 0.29) is 12.1 Å². The predicted molar refractivity (Wildman–Crippen MR) is 59.4 cm³/mol. The lowest BCUT2D eigenvalue weighted by molar-refractivity contribution is 0.0265. The standard InChI is InChI=1S/C11H20N2O2/c1-8(12)9-6-5-7-13(9)10(14)15-11(2,3)4/h9,12H,5-7H2,1-4H3. The molecular weight excluding hydrogens is 192 g/mol. The largest absolute Gasteiger partial charge is 0.444 e. The average Bonchev–Trinajstić information content (AvgIpc) is 2.47. The maximum absolute atomic E-state index is 11.8. The number of carbonyl (C=O) groups is 1. The summed E-state index contributed by atoms with van der Waals surface area (Å²) >= 11 is 0. The monoisotopic (exact) mass is 212 g/mol. The minimum atomic E-state index is -0.458. The van der Waals surface area contributed by atoms with Gasteiger partial charge in [-0.1, -0.05) is 0 Å². The molecule has 0 spiro atoms. The second-order valence-electron chi connectivity index (χ2n) is 5.01. The third-order valence-electron chi connectivity index (χ3n) is 2.38. The third kappa shape index (κ3) is 3.22. The van der Waals surface area contributed by atoms with Crippen LogP contribution in [0.25, 0.3) is 0 Å². The second kappa shape index (κ2) is 4.21. The summed E-state index contributed by atoms with van der Waals surface area (Å²) in [6.45, 7) is 8.01. The molecule has 1 fully saturated rings. The molecule has 0 bridgehead atoms. The maximum atomic E-state index is 11.8. The fourth-order valence-electron chi connectivity index (χ4n) is 1.76. The van der Waals surface area contributed by atoms with Crippen LogP contribution in [0.2, 0.25) is 0 Å². The molecule has 1 atom stereocenters. The first kappa shape index (κ1) is 12.0. The number of amides is 1. The van der Waals surface area contributed by atoms with Gasteiger partial charge in [0, 0.05) is 12.3 Å². The Morgan fingerprint density at radius 1 is 1.47 bits per heavy atom. The van der Waals surface area contributed by atoms with E-state index in [1.54, 1.807) is 11.8 Å². The lowest BCUT2D eigenvalue weighted by Gasteiger charge is -2.28. The molecule has 0 aromatic heterocycles. The van der Waals surface area contributed by atoms with Crippen molar-refractivity contribution in [1.82, 2.24) is 4.90 Å². The van der Waals surface area contributed by atoms with Gasteiger partial charge in [-0.05, 0) is 40.5 Å². The molecule has 1 heterocycles. The van der Waals surface area contributed by atoms with Crippen LogP contribution in [-0.2, 0) is 4.74 Å². The Balaban J connectivity index is 2.63. The molecule has 86 valence electrons. The summed E-state index contributed by atoms with van der Waals surface area (Å²) in [6.07, 6.45) is 1.55. The van der Waals surface area contributed by atoms with Crippen LogP contribution in [0.15, 0.2) is 0 Å². The van der Waals surface area contributed by atoms with E-state index in [0.29, 0.717) is 12.3 Å². The Labute approximate surface area is 91.1 Å². The molecule has 1 aliphatic heterocycles. The highest BCUT2D eigenvalue weighted by Crippen LogP contribution is 2.21. The van der Waals surface area contributed by atoms with Crippen molar-refractivity contribution in [1.29, 1.82) is 5.41 Å². The number of nitrogens with one attached hydrogen (secondary N) is 1. The first-order valence-electron chi connectivity index (χ1n) is 5.36. The molecule has 1 unspecified atom stereocenters. The number of hydrogen-bond donors (Lipinski definition) is 1. The highest BCUT2D eigenvalue weighted by molar-refractivity contribution is 5.88. The van der Waals surface area contributed by atoms with Crippen molar-refractivity contribution < 1.29 is 9.53 Å². The number of likely N-dealkylation sites (tertiary alicyclic amines) is 1. The van der Waals surface area contributed by atoms with Gasteiger partial charge in [-0.2, -0.15) is 0 Å². The summed E-state index contributed by atoms with van der Waals surface area (Å²) in [6, 6.07) is -0.0557. The smallest absolute Gasteiger partial charge is 0.410 e. The summed E-state index contributed by atoms with van der Waals surface area (Å²) in [5.74, 6) is 0. The number of nitrogens with zero attached hydrogens (tertiary/aromatic N) is 1. The lowest BCUT2D eigenvalue weighted by atomic mass is 10.1. The summed E-state index contributed by atoms with van der Waals surface area (Å²) < 4.78 is 5.29. The summed E-state index contributed by atoms with van der Waals surface area (Å²) in [5.41, 5.74) is 0.0820. The zero-order valence-electron chi connectivity index (χ0n) is 9.96. The number of ether oxygens (including phenoxy) is 1. The van der Waals surface area contributed by atoms with E-state index in [0.717, 1.165) is 12.8 Å². The molecule has 0 radical (unpaired) electrons. The summed E-state index contributed by atoms with van der Waals surface area (Å²) in [5, 5.41) is 7.60. The SMILES string of the molecule is CC(=N)C1CCCN1C(=O)OC(C)(C)C. The van der Waals surface area contributed by atoms with Crippen LogP contribution in [0, 0.1) is 5.41 Å². The van der Waals surface area contributed by atoms with Crippen LogP contribution in [0.3, 0.4) is 0 Å². The fraction of sp³-hybridized carbons (Fsp3) is 0.818. The van der Waals surface area contributed by atoms with Crippen molar-refractivity contribution in [2.45, 2.75) is 52.2 Å². The fourth-order valence-corrected chi connectivity index (χ4v) is 1.76. The van der Waals surface area contributed by atoms with Crippen LogP contribution in [0.1, 0.15) is 40.5 Å². The Bertz CT molecular complexity index is 268. The van der Waals surface area contributed by atoms with Gasteiger partial charge in [-0.15, -0.1) is 0 Å². The molecule has 15 heavy (non-hydrogen) atoms. The van der Waals surface area contributed by atoms with Gasteiger partial charge in [0.15, 0.2) is 0 Å². The van der Waals surface area contributed by atoms with Crippen LogP contribution >= 0.6 is 0 Å². The van der Waals surface area contributed by atoms with E-state index < -0.39 is 5.60 Å². The summed E-state index contributed by atoms with van der Waals surface area (Å²) in [7, 11) is 0. The average molecular weight is 212 g/mol. The predicted octanol–water partition coefficient (Wildman–Crippen LogP) is 2.43. The minimum absolute atomic E-state index is 0.0557. The Kier molecular flexibility index (Phi) is 3.37. The first-order valence-corrected chi connectivity index (χ1v) is 5.36. The van der Waals surface area contributed by atoms with Crippen LogP contribution in [0.5, 0.6) is 0 Å². The molecule has 0 aliphatic carbocycles. The van der Waals surface area contributed by atoms with Crippen molar-refractivity contribution in [3.63, 3.8) is 0 Å². The molecule has 0 saturated carbocycles. The van der Waals surface area contributed by atoms with Crippen molar-refractivity contribution in [3.05, 3.63) is 0 Å². The van der Waals surface area contributed by atoms with Gasteiger partial charge < -0.3 is 10.1 Å². The number of hydrogen-bond acceptors (Lipinski definition) is 3. The van der Waals surface area contributed by atoms with Crippen LogP contribution < -0.4 is 0 Å². The van der Waals surface area contributed by atoms with Crippen molar-refractivity contribution >= 4 is 11.8 Å². The van der Waals surface area contributed by atoms with E-state index in [1.807, 2.05) is 20.8 Å². The topological polar surface area (TPSA) is 53.4 Å². The zero-order valence-corrected chi connectivity index (χ0v) is 9.96. The van der Waals surface area contributed by atoms with Gasteiger partial charge in [0.05, 0.1) is 6.04 Å². The van der Waals surface area contributed by atoms with Gasteiger partial charge in [0.25, 0.3) is 0 Å². The number of rotatable bonds is 1. The van der Waals surface area contributed by atoms with Crippen LogP contribution in [-0.4, -0.2) is 34.9 Å². The molecular formula is C11H20N2O2. The van der Waals surface area contributed by atoms with Gasteiger partial charge in [0.2, 0.25) is 0 Å². The highest BCUT2D eigenvalue weighted by atomic mass is 16.6. The number of carbonyl (C=O) groups excluding carboxylic acids is 1. The molecule has 1 saturated heterocycles. The normalized spacial score (nSPS) is 21.6. The Morgan fingerprint density at radius 2 is 2.07 bits per heavy atom. The molecule has 4 heteroatoms. The van der Waals surface area contributed by atoms with E-state index in [1.165, 1.54) is 0 Å². The summed E-state index contributed by atoms with van der Waals surface area (Å²) in [4.78, 5) is 13.4. The second-order valence-corrected chi connectivity index (χ2v) is 5.01. The van der Waals surface area contributed by atoms with E-state index in [9.17, 15) is 4.79 Å². The minimum Gasteiger partial charge on any atom is -0.444 e. The van der Waals surface area contributed by atoms with Gasteiger partial charge in [-0.3, -0.25) is 4.90 Å². The van der Waals surface area contributed by atoms with Crippen molar-refractivity contribution in [2.24, 2.45) is 0 Å². The molecule has 0 aromatic rings. The molecule has 1 amide bonds. The molecule has 0 aromatic carbocycles. The zero-order chi connectivity index (χ0) is 11.6. The van der Waals surface area contributed by atoms with Gasteiger partial charge >= 0.3 is 6.09 Å². The molecule has 1 aliphatic rings. The van der Waals surface area contributed by atoms with Gasteiger partial charge in [0.1, 0.15) is 5.60 Å². The quantitative estimate of drug-likeness (QED) is 0.679. The van der Waals surface area contributed by atoms with Crippen molar-refractivity contribution in [3.8, 4) is 0 Å². The molecule has 1 rings (SSSR count). The van der Waals surface area contributed by atoms with Crippen LogP contribution in [0.4, 0.5) is 4.79 Å². The lowest BCUT2D eigenvalue weighted by Crippen LogP contribution is -2.42. The third-order valence-corrected chi connectivity index (χ3v) is 2.38. The van der Waals surface area contributed by atoms with E-state index >= 15 is 0 Å². The molecule has 4 nitrogen and oxygen atoms in total. The Morgan fingerprint density at radius 3 is 2.53 bits per heavy atom. The van der Waals surface area contributed by atoms with Crippen molar-refractivity contribution in [2.75, 3.05) is 6.54 Å². The van der Waals surface area contributed by atoms with E-state index in [2.05, 4.69) is 0 Å². The Hall–Kier alpha value is -1.06. The molecule has 1 N–H and O–H groups in total. The first-order chi connectivity index (χ1) is 6.81. The highest BCUT2D eigenvalue weighted by Gasteiger charge is 2.32. The van der Waals surface area contributed by atoms with E-state index in [4.69, 9.17) is 10.1 Å². The van der Waals surface area contributed by atoms with Gasteiger partial charge in [-0.25, -0.2) is 4.79 Å². The maximum Gasteiger partial charge on any atom is 0.410 e.